The Hall–Kier alpha value is -4.42. The summed E-state index contributed by atoms with van der Waals surface area (Å²) < 4.78 is 0. The van der Waals surface area contributed by atoms with Crippen LogP contribution in [0, 0.1) is 16.7 Å². The molecule has 38 heavy (non-hydrogen) atoms. The van der Waals surface area contributed by atoms with Gasteiger partial charge in [-0.15, -0.1) is 0 Å². The summed E-state index contributed by atoms with van der Waals surface area (Å²) in [6.45, 7) is 3.71. The van der Waals surface area contributed by atoms with Crippen LogP contribution in [0.25, 0.3) is 0 Å². The summed E-state index contributed by atoms with van der Waals surface area (Å²) in [5.41, 5.74) is 6.96. The van der Waals surface area contributed by atoms with Gasteiger partial charge in [0.05, 0.1) is 5.57 Å². The summed E-state index contributed by atoms with van der Waals surface area (Å²) >= 11 is 0. The third-order valence-electron chi connectivity index (χ3n) is 7.38. The van der Waals surface area contributed by atoms with Crippen molar-refractivity contribution in [3.63, 3.8) is 0 Å². The highest BCUT2D eigenvalue weighted by Crippen LogP contribution is 2.57. The molecule has 0 aromatic heterocycles. The summed E-state index contributed by atoms with van der Waals surface area (Å²) in [5, 5.41) is 16.7. The zero-order valence-electron chi connectivity index (χ0n) is 21.9. The number of rotatable bonds is 4. The van der Waals surface area contributed by atoms with Crippen molar-refractivity contribution >= 4 is 29.0 Å². The molecule has 3 N–H and O–H groups in total. The Kier molecular flexibility index (Phi) is 5.88. The predicted molar refractivity (Wildman–Crippen MR) is 143 cm³/mol. The Labute approximate surface area is 221 Å². The molecule has 1 spiro atoms. The summed E-state index contributed by atoms with van der Waals surface area (Å²) in [4.78, 5) is 43.0. The van der Waals surface area contributed by atoms with Gasteiger partial charge in [0.2, 0.25) is 11.8 Å². The van der Waals surface area contributed by atoms with Crippen molar-refractivity contribution in [1.82, 2.24) is 10.0 Å². The van der Waals surface area contributed by atoms with Gasteiger partial charge >= 0.3 is 0 Å². The van der Waals surface area contributed by atoms with Gasteiger partial charge in [0.15, 0.2) is 5.78 Å². The van der Waals surface area contributed by atoms with Gasteiger partial charge in [-0.25, -0.2) is 5.01 Å². The third kappa shape index (κ3) is 3.60. The monoisotopic (exact) mass is 510 g/mol. The van der Waals surface area contributed by atoms with E-state index >= 15 is 0 Å². The molecule has 2 aromatic carbocycles. The predicted octanol–water partition coefficient (Wildman–Crippen LogP) is 3.04. The van der Waals surface area contributed by atoms with E-state index in [0.29, 0.717) is 29.1 Å². The van der Waals surface area contributed by atoms with E-state index in [-0.39, 0.29) is 41.1 Å². The van der Waals surface area contributed by atoms with Crippen LogP contribution in [0.4, 0.5) is 11.4 Å². The SMILES string of the molecule is CN(C)N1C(N)=C(C#N)C2(C(=O)N(CC(=O)Nc3ccccc3)c3ccccc32)C2=C1CC(C)(C)CC2=O. The first-order chi connectivity index (χ1) is 18.0. The Balaban J connectivity index is 1.71. The number of para-hydroxylation sites is 2. The number of carbonyl (C=O) groups is 3. The quantitative estimate of drug-likeness (QED) is 0.648. The van der Waals surface area contributed by atoms with Crippen LogP contribution in [-0.2, 0) is 19.8 Å². The number of benzene rings is 2. The molecule has 0 bridgehead atoms. The zero-order chi connectivity index (χ0) is 27.4. The number of carbonyl (C=O) groups excluding carboxylic acids is 3. The van der Waals surface area contributed by atoms with Gasteiger partial charge in [-0.1, -0.05) is 50.2 Å². The van der Waals surface area contributed by atoms with Gasteiger partial charge in [0.1, 0.15) is 23.8 Å². The van der Waals surface area contributed by atoms with Gasteiger partial charge in [-0.3, -0.25) is 19.4 Å². The van der Waals surface area contributed by atoms with Crippen molar-refractivity contribution < 1.29 is 14.4 Å². The Morgan fingerprint density at radius 2 is 1.74 bits per heavy atom. The maximum Gasteiger partial charge on any atom is 0.248 e. The van der Waals surface area contributed by atoms with Gasteiger partial charge in [0.25, 0.3) is 0 Å². The molecule has 3 aliphatic rings. The summed E-state index contributed by atoms with van der Waals surface area (Å²) in [5.74, 6) is -1.04. The molecule has 9 heteroatoms. The first-order valence-corrected chi connectivity index (χ1v) is 12.4. The molecule has 5 rings (SSSR count). The fourth-order valence-corrected chi connectivity index (χ4v) is 6.02. The molecule has 0 fully saturated rings. The standard InChI is InChI=1S/C29H30N6O3/c1-28(2)14-22-25(23(36)15-28)29(20(16-30)26(31)35(22)33(3)4)19-12-8-9-13-21(19)34(27(29)38)17-24(37)32-18-10-6-5-7-11-18/h5-13H,14-15,17,31H2,1-4H3,(H,32,37). The van der Waals surface area contributed by atoms with E-state index in [1.165, 1.54) is 4.90 Å². The van der Waals surface area contributed by atoms with E-state index in [1.54, 1.807) is 72.6 Å². The second-order valence-corrected chi connectivity index (χ2v) is 10.9. The number of nitriles is 1. The Morgan fingerprint density at radius 3 is 2.39 bits per heavy atom. The number of hydrogen-bond donors (Lipinski definition) is 2. The first kappa shape index (κ1) is 25.2. The average molecular weight is 511 g/mol. The highest BCUT2D eigenvalue weighted by atomic mass is 16.2. The molecule has 9 nitrogen and oxygen atoms in total. The molecule has 194 valence electrons. The highest BCUT2D eigenvalue weighted by molar-refractivity contribution is 6.21. The molecule has 1 atom stereocenters. The van der Waals surface area contributed by atoms with Crippen molar-refractivity contribution in [1.29, 1.82) is 5.26 Å². The molecular formula is C29H30N6O3. The van der Waals surface area contributed by atoms with Crippen LogP contribution < -0.4 is 16.0 Å². The topological polar surface area (TPSA) is 123 Å². The number of hydrogen-bond acceptors (Lipinski definition) is 7. The maximum atomic E-state index is 14.6. The number of Topliss-reactive ketones (excluding diaryl/α,β-unsaturated/α-hetero) is 1. The Bertz CT molecular complexity index is 1470. The number of nitrogens with zero attached hydrogens (tertiary/aromatic N) is 4. The van der Waals surface area contributed by atoms with Crippen LogP contribution in [0.1, 0.15) is 32.3 Å². The molecule has 1 unspecified atom stereocenters. The minimum atomic E-state index is -1.72. The van der Waals surface area contributed by atoms with Crippen molar-refractivity contribution in [2.24, 2.45) is 11.1 Å². The van der Waals surface area contributed by atoms with E-state index in [0.717, 1.165) is 0 Å². The minimum Gasteiger partial charge on any atom is -0.383 e. The minimum absolute atomic E-state index is 0.0126. The van der Waals surface area contributed by atoms with E-state index in [2.05, 4.69) is 11.4 Å². The smallest absolute Gasteiger partial charge is 0.248 e. The van der Waals surface area contributed by atoms with Crippen LogP contribution in [0.3, 0.4) is 0 Å². The lowest BCUT2D eigenvalue weighted by Crippen LogP contribution is -2.56. The number of nitrogens with two attached hydrogens (primary N) is 1. The van der Waals surface area contributed by atoms with Crippen molar-refractivity contribution in [2.45, 2.75) is 32.1 Å². The Morgan fingerprint density at radius 1 is 1.08 bits per heavy atom. The molecule has 2 aliphatic heterocycles. The lowest BCUT2D eigenvalue weighted by atomic mass is 9.61. The van der Waals surface area contributed by atoms with Crippen molar-refractivity contribution in [3.8, 4) is 6.07 Å². The second kappa shape index (κ2) is 8.85. The molecule has 2 aromatic rings. The molecular weight excluding hydrogens is 480 g/mol. The van der Waals surface area contributed by atoms with Crippen LogP contribution in [0.15, 0.2) is 77.3 Å². The fraction of sp³-hybridized carbons (Fsp3) is 0.310. The highest BCUT2D eigenvalue weighted by Gasteiger charge is 2.63. The van der Waals surface area contributed by atoms with E-state index in [1.807, 2.05) is 19.9 Å². The molecule has 2 amide bonds. The number of fused-ring (bicyclic) bond motifs is 3. The van der Waals surface area contributed by atoms with Gasteiger partial charge in [-0.05, 0) is 30.0 Å². The first-order valence-electron chi connectivity index (χ1n) is 12.4. The number of allylic oxidation sites excluding steroid dienone is 1. The van der Waals surface area contributed by atoms with E-state index in [4.69, 9.17) is 5.73 Å². The van der Waals surface area contributed by atoms with Crippen LogP contribution >= 0.6 is 0 Å². The number of ketones is 1. The largest absolute Gasteiger partial charge is 0.383 e. The maximum absolute atomic E-state index is 14.6. The summed E-state index contributed by atoms with van der Waals surface area (Å²) in [6.07, 6.45) is 0.703. The fourth-order valence-electron chi connectivity index (χ4n) is 6.02. The number of amides is 2. The molecule has 2 heterocycles. The summed E-state index contributed by atoms with van der Waals surface area (Å²) in [6, 6.07) is 18.2. The molecule has 0 saturated heterocycles. The van der Waals surface area contributed by atoms with Gasteiger partial charge < -0.3 is 16.0 Å². The lowest BCUT2D eigenvalue weighted by Gasteiger charge is -2.48. The normalized spacial score (nSPS) is 22.1. The lowest BCUT2D eigenvalue weighted by molar-refractivity contribution is -0.126. The molecule has 0 radical (unpaired) electrons. The second-order valence-electron chi connectivity index (χ2n) is 10.9. The van der Waals surface area contributed by atoms with Crippen LogP contribution in [0.5, 0.6) is 0 Å². The van der Waals surface area contributed by atoms with Gasteiger partial charge in [-0.2, -0.15) is 5.26 Å². The van der Waals surface area contributed by atoms with E-state index < -0.39 is 17.2 Å². The zero-order valence-corrected chi connectivity index (χ0v) is 21.9. The third-order valence-corrected chi connectivity index (χ3v) is 7.38. The molecule has 1 aliphatic carbocycles. The van der Waals surface area contributed by atoms with E-state index in [9.17, 15) is 19.6 Å². The number of anilines is 2. The van der Waals surface area contributed by atoms with Crippen LogP contribution in [-0.4, -0.2) is 48.3 Å². The van der Waals surface area contributed by atoms with Crippen LogP contribution in [0.2, 0.25) is 0 Å². The van der Waals surface area contributed by atoms with Crippen molar-refractivity contribution in [2.75, 3.05) is 30.9 Å². The van der Waals surface area contributed by atoms with Gasteiger partial charge in [0, 0.05) is 48.7 Å². The number of nitrogens with one attached hydrogen (secondary N) is 1. The van der Waals surface area contributed by atoms with Crippen molar-refractivity contribution in [3.05, 3.63) is 82.8 Å². The molecule has 0 saturated carbocycles. The summed E-state index contributed by atoms with van der Waals surface area (Å²) in [7, 11) is 3.56. The average Bonchev–Trinajstić information content (AvgIpc) is 3.07. The number of hydrazine groups is 1.